The monoisotopic (exact) mass is 409 g/mol. The normalized spacial score (nSPS) is 13.9. The van der Waals surface area contributed by atoms with Crippen molar-refractivity contribution < 1.29 is 13.6 Å². The highest BCUT2D eigenvalue weighted by atomic mass is 19.1. The molecule has 1 aliphatic heterocycles. The van der Waals surface area contributed by atoms with Crippen molar-refractivity contribution in [3.8, 4) is 11.3 Å². The molecule has 0 spiro atoms. The molecule has 1 aromatic heterocycles. The Labute approximate surface area is 173 Å². The predicted octanol–water partition coefficient (Wildman–Crippen LogP) is 3.45. The fourth-order valence-corrected chi connectivity index (χ4v) is 3.43. The van der Waals surface area contributed by atoms with Crippen molar-refractivity contribution in [2.75, 3.05) is 31.1 Å². The Bertz CT molecular complexity index is 1000. The first kappa shape index (κ1) is 19.8. The van der Waals surface area contributed by atoms with Crippen LogP contribution in [0.3, 0.4) is 0 Å². The second-order valence-electron chi connectivity index (χ2n) is 7.02. The molecule has 0 unspecified atom stereocenters. The smallest absolute Gasteiger partial charge is 0.317 e. The molecular formula is C22H21F2N5O. The lowest BCUT2D eigenvalue weighted by molar-refractivity contribution is 0.194. The Hall–Kier alpha value is -3.55. The summed E-state index contributed by atoms with van der Waals surface area (Å²) in [4.78, 5) is 24.9. The van der Waals surface area contributed by atoms with Gasteiger partial charge in [0.15, 0.2) is 0 Å². The number of urea groups is 1. The van der Waals surface area contributed by atoms with Gasteiger partial charge in [-0.15, -0.1) is 0 Å². The Balaban J connectivity index is 1.37. The minimum Gasteiger partial charge on any atom is -0.365 e. The fourth-order valence-electron chi connectivity index (χ4n) is 3.43. The molecule has 0 aliphatic carbocycles. The van der Waals surface area contributed by atoms with E-state index in [0.29, 0.717) is 32.7 Å². The van der Waals surface area contributed by atoms with Gasteiger partial charge in [0.05, 0.1) is 17.6 Å². The molecule has 0 bridgehead atoms. The molecule has 30 heavy (non-hydrogen) atoms. The molecule has 2 aromatic carbocycles. The number of anilines is 1. The second-order valence-corrected chi connectivity index (χ2v) is 7.02. The average molecular weight is 409 g/mol. The van der Waals surface area contributed by atoms with Crippen LogP contribution in [0.2, 0.25) is 0 Å². The Morgan fingerprint density at radius 2 is 1.57 bits per heavy atom. The maximum absolute atomic E-state index is 13.3. The molecule has 1 N–H and O–H groups in total. The van der Waals surface area contributed by atoms with Gasteiger partial charge in [0.25, 0.3) is 0 Å². The van der Waals surface area contributed by atoms with E-state index in [4.69, 9.17) is 0 Å². The van der Waals surface area contributed by atoms with Gasteiger partial charge in [-0.25, -0.2) is 23.5 Å². The van der Waals surface area contributed by atoms with E-state index in [-0.39, 0.29) is 17.7 Å². The summed E-state index contributed by atoms with van der Waals surface area (Å²) in [5.74, 6) is -0.597. The van der Waals surface area contributed by atoms with Crippen LogP contribution in [0.15, 0.2) is 61.1 Å². The second kappa shape index (κ2) is 8.86. The highest BCUT2D eigenvalue weighted by Gasteiger charge is 2.23. The van der Waals surface area contributed by atoms with Crippen molar-refractivity contribution in [2.24, 2.45) is 0 Å². The molecule has 1 saturated heterocycles. The van der Waals surface area contributed by atoms with Crippen LogP contribution in [0.1, 0.15) is 5.56 Å². The Morgan fingerprint density at radius 3 is 2.23 bits per heavy atom. The third kappa shape index (κ3) is 4.53. The number of amides is 2. The van der Waals surface area contributed by atoms with E-state index in [1.54, 1.807) is 35.4 Å². The maximum Gasteiger partial charge on any atom is 0.317 e. The molecule has 154 valence electrons. The minimum atomic E-state index is -0.300. The number of nitrogens with zero attached hydrogens (tertiary/aromatic N) is 4. The molecule has 0 atom stereocenters. The van der Waals surface area contributed by atoms with Crippen molar-refractivity contribution in [2.45, 2.75) is 6.54 Å². The van der Waals surface area contributed by atoms with E-state index in [2.05, 4.69) is 20.2 Å². The van der Waals surface area contributed by atoms with Gasteiger partial charge in [-0.1, -0.05) is 12.1 Å². The Kier molecular flexibility index (Phi) is 5.83. The number of aromatic nitrogens is 2. The van der Waals surface area contributed by atoms with E-state index < -0.39 is 0 Å². The molecule has 2 amide bonds. The quantitative estimate of drug-likeness (QED) is 0.717. The molecular weight excluding hydrogens is 388 g/mol. The lowest BCUT2D eigenvalue weighted by Crippen LogP contribution is -2.51. The molecule has 1 fully saturated rings. The van der Waals surface area contributed by atoms with E-state index >= 15 is 0 Å². The maximum atomic E-state index is 13.3. The molecule has 2 heterocycles. The highest BCUT2D eigenvalue weighted by Crippen LogP contribution is 2.28. The van der Waals surface area contributed by atoms with Gasteiger partial charge in [-0.05, 0) is 42.0 Å². The van der Waals surface area contributed by atoms with Crippen molar-refractivity contribution in [3.05, 3.63) is 78.3 Å². The minimum absolute atomic E-state index is 0.151. The van der Waals surface area contributed by atoms with Crippen LogP contribution in [-0.2, 0) is 6.54 Å². The summed E-state index contributed by atoms with van der Waals surface area (Å²) in [5.41, 5.74) is 3.25. The van der Waals surface area contributed by atoms with Crippen LogP contribution in [0.5, 0.6) is 0 Å². The molecule has 0 radical (unpaired) electrons. The third-order valence-corrected chi connectivity index (χ3v) is 5.08. The summed E-state index contributed by atoms with van der Waals surface area (Å²) in [7, 11) is 0. The number of carbonyl (C=O) groups is 1. The first-order valence-corrected chi connectivity index (χ1v) is 9.68. The molecule has 6 nitrogen and oxygen atoms in total. The Morgan fingerprint density at radius 1 is 0.933 bits per heavy atom. The van der Waals surface area contributed by atoms with Crippen LogP contribution in [-0.4, -0.2) is 47.1 Å². The zero-order valence-electron chi connectivity index (χ0n) is 16.3. The summed E-state index contributed by atoms with van der Waals surface area (Å²) >= 11 is 0. The first-order chi connectivity index (χ1) is 14.6. The lowest BCUT2D eigenvalue weighted by atomic mass is 10.1. The first-order valence-electron chi connectivity index (χ1n) is 9.68. The SMILES string of the molecule is O=C(NCc1ccc(F)cc1)N1CCN(c2cncnc2-c2ccc(F)cc2)CC1. The number of hydrogen-bond acceptors (Lipinski definition) is 4. The highest BCUT2D eigenvalue weighted by molar-refractivity contribution is 5.76. The standard InChI is InChI=1S/C22H21F2N5O/c23-18-5-1-16(2-6-18)13-26-22(30)29-11-9-28(10-12-29)20-14-25-15-27-21(20)17-3-7-19(24)8-4-17/h1-8,14-15H,9-13H2,(H,26,30). The lowest BCUT2D eigenvalue weighted by Gasteiger charge is -2.36. The number of nitrogens with one attached hydrogen (secondary N) is 1. The average Bonchev–Trinajstić information content (AvgIpc) is 2.79. The third-order valence-electron chi connectivity index (χ3n) is 5.08. The van der Waals surface area contributed by atoms with Gasteiger partial charge < -0.3 is 15.1 Å². The zero-order chi connectivity index (χ0) is 20.9. The predicted molar refractivity (Wildman–Crippen MR) is 110 cm³/mol. The van der Waals surface area contributed by atoms with Crippen molar-refractivity contribution in [1.82, 2.24) is 20.2 Å². The molecule has 8 heteroatoms. The largest absolute Gasteiger partial charge is 0.365 e. The summed E-state index contributed by atoms with van der Waals surface area (Å²) in [5, 5.41) is 2.87. The van der Waals surface area contributed by atoms with E-state index in [1.807, 2.05) is 0 Å². The van der Waals surface area contributed by atoms with Crippen molar-refractivity contribution in [1.29, 1.82) is 0 Å². The summed E-state index contributed by atoms with van der Waals surface area (Å²) in [6.07, 6.45) is 3.22. The molecule has 3 aromatic rings. The van der Waals surface area contributed by atoms with Gasteiger partial charge in [0, 0.05) is 38.3 Å². The van der Waals surface area contributed by atoms with Crippen LogP contribution < -0.4 is 10.2 Å². The summed E-state index contributed by atoms with van der Waals surface area (Å²) in [6.45, 7) is 2.71. The number of carbonyl (C=O) groups excluding carboxylic acids is 1. The zero-order valence-corrected chi connectivity index (χ0v) is 16.3. The number of halogens is 2. The summed E-state index contributed by atoms with van der Waals surface area (Å²) in [6, 6.07) is 12.1. The summed E-state index contributed by atoms with van der Waals surface area (Å²) < 4.78 is 26.2. The van der Waals surface area contributed by atoms with E-state index in [9.17, 15) is 13.6 Å². The van der Waals surface area contributed by atoms with Gasteiger partial charge in [0.1, 0.15) is 18.0 Å². The van der Waals surface area contributed by atoms with Gasteiger partial charge >= 0.3 is 6.03 Å². The van der Waals surface area contributed by atoms with Crippen LogP contribution in [0.25, 0.3) is 11.3 Å². The van der Waals surface area contributed by atoms with E-state index in [1.165, 1.54) is 30.6 Å². The molecule has 1 aliphatic rings. The number of piperazine rings is 1. The van der Waals surface area contributed by atoms with Crippen LogP contribution in [0, 0.1) is 11.6 Å². The van der Waals surface area contributed by atoms with Gasteiger partial charge in [-0.2, -0.15) is 0 Å². The van der Waals surface area contributed by atoms with E-state index in [0.717, 1.165) is 22.5 Å². The van der Waals surface area contributed by atoms with Crippen molar-refractivity contribution >= 4 is 11.7 Å². The number of benzene rings is 2. The molecule has 0 saturated carbocycles. The van der Waals surface area contributed by atoms with Crippen LogP contribution >= 0.6 is 0 Å². The molecule has 4 rings (SSSR count). The van der Waals surface area contributed by atoms with Crippen molar-refractivity contribution in [3.63, 3.8) is 0 Å². The fraction of sp³-hybridized carbons (Fsp3) is 0.227. The number of hydrogen-bond donors (Lipinski definition) is 1. The van der Waals surface area contributed by atoms with Crippen LogP contribution in [0.4, 0.5) is 19.3 Å². The topological polar surface area (TPSA) is 61.4 Å². The van der Waals surface area contributed by atoms with Gasteiger partial charge in [0.2, 0.25) is 0 Å². The van der Waals surface area contributed by atoms with Gasteiger partial charge in [-0.3, -0.25) is 0 Å². The number of rotatable bonds is 4.